The molecule has 3 rings (SSSR count). The molecule has 3 aromatic carbocycles. The van der Waals surface area contributed by atoms with Gasteiger partial charge in [0.15, 0.2) is 0 Å². The van der Waals surface area contributed by atoms with Crippen LogP contribution in [0.1, 0.15) is 64.5 Å². The maximum Gasteiger partial charge on any atom is 0.261 e. The van der Waals surface area contributed by atoms with E-state index in [9.17, 15) is 13.9 Å². The molecule has 0 aliphatic heterocycles. The topological polar surface area (TPSA) is 29.5 Å². The van der Waals surface area contributed by atoms with E-state index in [1.165, 1.54) is 10.4 Å². The summed E-state index contributed by atoms with van der Waals surface area (Å²) in [5, 5.41) is 12.7. The first kappa shape index (κ1) is 26.3. The van der Waals surface area contributed by atoms with Gasteiger partial charge in [-0.3, -0.25) is 0 Å². The van der Waals surface area contributed by atoms with Crippen molar-refractivity contribution in [3.63, 3.8) is 0 Å². The van der Waals surface area contributed by atoms with Crippen LogP contribution in [0.5, 0.6) is 0 Å². The quantitative estimate of drug-likeness (QED) is 0.249. The van der Waals surface area contributed by atoms with E-state index in [0.29, 0.717) is 13.0 Å². The standard InChI is InChI=1S/C29H36F2O2Si/c1-29(2,3)34(24-14-8-6-9-15-24,25-16-10-7-11-17-25)33-21-13-5-4-12-18-28(32)26-22-23(30)19-20-27(26)31/h6-11,14-17,19-20,22,28,32H,4-5,12-13,18,21H2,1-3H3. The van der Waals surface area contributed by atoms with Crippen LogP contribution in [-0.2, 0) is 4.43 Å². The Bertz CT molecular complexity index is 980. The lowest BCUT2D eigenvalue weighted by atomic mass is 10.0. The zero-order valence-corrected chi connectivity index (χ0v) is 21.4. The van der Waals surface area contributed by atoms with Crippen LogP contribution in [0.25, 0.3) is 0 Å². The van der Waals surface area contributed by atoms with Gasteiger partial charge in [-0.25, -0.2) is 8.78 Å². The summed E-state index contributed by atoms with van der Waals surface area (Å²) in [6.45, 7) is 7.47. The summed E-state index contributed by atoms with van der Waals surface area (Å²) in [5.41, 5.74) is 0.0371. The van der Waals surface area contributed by atoms with E-state index in [1.807, 2.05) is 12.1 Å². The van der Waals surface area contributed by atoms with Crippen molar-refractivity contribution < 1.29 is 18.3 Å². The Hall–Kier alpha value is -2.34. The molecule has 1 unspecified atom stereocenters. The molecule has 1 N–H and O–H groups in total. The molecule has 0 aliphatic rings. The van der Waals surface area contributed by atoms with Gasteiger partial charge in [-0.2, -0.15) is 0 Å². The molecule has 0 amide bonds. The van der Waals surface area contributed by atoms with Crippen LogP contribution in [0.15, 0.2) is 78.9 Å². The van der Waals surface area contributed by atoms with Gasteiger partial charge in [-0.1, -0.05) is 101 Å². The highest BCUT2D eigenvalue weighted by Gasteiger charge is 2.49. The van der Waals surface area contributed by atoms with Crippen molar-refractivity contribution >= 4 is 18.7 Å². The van der Waals surface area contributed by atoms with Gasteiger partial charge in [0.05, 0.1) is 6.10 Å². The minimum Gasteiger partial charge on any atom is -0.407 e. The van der Waals surface area contributed by atoms with Gasteiger partial charge < -0.3 is 9.53 Å². The average Bonchev–Trinajstić information content (AvgIpc) is 2.82. The number of hydrogen-bond acceptors (Lipinski definition) is 2. The van der Waals surface area contributed by atoms with Crippen LogP contribution < -0.4 is 10.4 Å². The van der Waals surface area contributed by atoms with Crippen LogP contribution in [0.4, 0.5) is 8.78 Å². The van der Waals surface area contributed by atoms with E-state index in [2.05, 4.69) is 69.3 Å². The molecule has 0 aromatic heterocycles. The van der Waals surface area contributed by atoms with Crippen molar-refractivity contribution in [1.29, 1.82) is 0 Å². The van der Waals surface area contributed by atoms with Crippen molar-refractivity contribution in [3.8, 4) is 0 Å². The largest absolute Gasteiger partial charge is 0.407 e. The normalized spacial score (nSPS) is 13.1. The lowest BCUT2D eigenvalue weighted by Gasteiger charge is -2.43. The molecular formula is C29H36F2O2Si. The second kappa shape index (κ2) is 11.9. The molecule has 0 saturated carbocycles. The van der Waals surface area contributed by atoms with E-state index in [-0.39, 0.29) is 10.6 Å². The first-order valence-corrected chi connectivity index (χ1v) is 14.0. The third-order valence-electron chi connectivity index (χ3n) is 6.42. The molecule has 0 spiro atoms. The minimum atomic E-state index is -2.51. The number of aliphatic hydroxyl groups is 1. The van der Waals surface area contributed by atoms with Crippen molar-refractivity contribution in [2.75, 3.05) is 6.61 Å². The van der Waals surface area contributed by atoms with Gasteiger partial charge in [-0.15, -0.1) is 0 Å². The Labute approximate surface area is 203 Å². The number of unbranched alkanes of at least 4 members (excludes halogenated alkanes) is 3. The summed E-state index contributed by atoms with van der Waals surface area (Å²) in [4.78, 5) is 0. The van der Waals surface area contributed by atoms with Crippen molar-refractivity contribution in [3.05, 3.63) is 96.1 Å². The Balaban J connectivity index is 1.59. The van der Waals surface area contributed by atoms with Crippen LogP contribution in [0.2, 0.25) is 5.04 Å². The fourth-order valence-corrected chi connectivity index (χ4v) is 9.31. The smallest absolute Gasteiger partial charge is 0.261 e. The first-order chi connectivity index (χ1) is 16.3. The summed E-state index contributed by atoms with van der Waals surface area (Å²) in [5.74, 6) is -1.09. The third-order valence-corrected chi connectivity index (χ3v) is 11.5. The number of halogens is 2. The second-order valence-electron chi connectivity index (χ2n) is 9.90. The summed E-state index contributed by atoms with van der Waals surface area (Å²) >= 11 is 0. The molecule has 1 atom stereocenters. The van der Waals surface area contributed by atoms with Gasteiger partial charge in [0, 0.05) is 12.2 Å². The van der Waals surface area contributed by atoms with E-state index >= 15 is 0 Å². The molecule has 0 bridgehead atoms. The SMILES string of the molecule is CC(C)(C)[Si](OCCCCCCC(O)c1cc(F)ccc1F)(c1ccccc1)c1ccccc1. The lowest BCUT2D eigenvalue weighted by molar-refractivity contribution is 0.158. The Morgan fingerprint density at radius 3 is 1.91 bits per heavy atom. The monoisotopic (exact) mass is 482 g/mol. The Kier molecular flexibility index (Phi) is 9.17. The van der Waals surface area contributed by atoms with Crippen LogP contribution in [0.3, 0.4) is 0 Å². The number of rotatable bonds is 11. The van der Waals surface area contributed by atoms with Gasteiger partial charge >= 0.3 is 0 Å². The molecule has 0 saturated heterocycles. The van der Waals surface area contributed by atoms with Crippen molar-refractivity contribution in [2.24, 2.45) is 0 Å². The number of benzene rings is 3. The predicted molar refractivity (Wildman–Crippen MR) is 138 cm³/mol. The highest BCUT2D eigenvalue weighted by molar-refractivity contribution is 6.99. The molecule has 0 heterocycles. The van der Waals surface area contributed by atoms with Crippen molar-refractivity contribution in [1.82, 2.24) is 0 Å². The molecule has 34 heavy (non-hydrogen) atoms. The zero-order valence-electron chi connectivity index (χ0n) is 20.4. The molecule has 3 aromatic rings. The van der Waals surface area contributed by atoms with E-state index in [4.69, 9.17) is 4.43 Å². The van der Waals surface area contributed by atoms with E-state index in [1.54, 1.807) is 0 Å². The summed E-state index contributed by atoms with van der Waals surface area (Å²) < 4.78 is 34.1. The molecule has 0 aliphatic carbocycles. The fourth-order valence-electron chi connectivity index (χ4n) is 4.71. The Morgan fingerprint density at radius 1 is 0.794 bits per heavy atom. The Morgan fingerprint density at radius 2 is 1.35 bits per heavy atom. The van der Waals surface area contributed by atoms with Gasteiger partial charge in [0.1, 0.15) is 11.6 Å². The lowest BCUT2D eigenvalue weighted by Crippen LogP contribution is -2.66. The van der Waals surface area contributed by atoms with E-state index in [0.717, 1.165) is 43.9 Å². The molecule has 5 heteroatoms. The summed E-state index contributed by atoms with van der Waals surface area (Å²) in [6.07, 6.45) is 2.94. The molecule has 0 radical (unpaired) electrons. The van der Waals surface area contributed by atoms with Gasteiger partial charge in [0.2, 0.25) is 0 Å². The third kappa shape index (κ3) is 6.20. The maximum absolute atomic E-state index is 13.8. The average molecular weight is 483 g/mol. The number of hydrogen-bond donors (Lipinski definition) is 1. The maximum atomic E-state index is 13.8. The van der Waals surface area contributed by atoms with Crippen LogP contribution in [0, 0.1) is 11.6 Å². The van der Waals surface area contributed by atoms with Crippen LogP contribution >= 0.6 is 0 Å². The molecule has 182 valence electrons. The fraction of sp³-hybridized carbons (Fsp3) is 0.379. The number of aliphatic hydroxyl groups excluding tert-OH is 1. The van der Waals surface area contributed by atoms with Gasteiger partial charge in [0.25, 0.3) is 8.32 Å². The highest BCUT2D eigenvalue weighted by Crippen LogP contribution is 2.37. The van der Waals surface area contributed by atoms with Gasteiger partial charge in [-0.05, 0) is 46.5 Å². The molecule has 2 nitrogen and oxygen atoms in total. The molecular weight excluding hydrogens is 446 g/mol. The van der Waals surface area contributed by atoms with Crippen LogP contribution in [-0.4, -0.2) is 20.0 Å². The zero-order chi connectivity index (χ0) is 24.6. The minimum absolute atomic E-state index is 0.0371. The predicted octanol–water partition coefficient (Wildman–Crippen LogP) is 6.53. The summed E-state index contributed by atoms with van der Waals surface area (Å²) in [6, 6.07) is 24.4. The first-order valence-electron chi connectivity index (χ1n) is 12.1. The van der Waals surface area contributed by atoms with E-state index < -0.39 is 26.1 Å². The van der Waals surface area contributed by atoms with Crippen molar-refractivity contribution in [2.45, 2.75) is 64.0 Å². The second-order valence-corrected chi connectivity index (χ2v) is 14.2. The summed E-state index contributed by atoms with van der Waals surface area (Å²) in [7, 11) is -2.51. The molecule has 0 fully saturated rings. The highest BCUT2D eigenvalue weighted by atomic mass is 28.4.